The Morgan fingerprint density at radius 3 is 2.52 bits per heavy atom. The molecule has 0 bridgehead atoms. The molecule has 162 valence electrons. The average Bonchev–Trinajstić information content (AvgIpc) is 2.59. The number of halogens is 3. The van der Waals surface area contributed by atoms with Gasteiger partial charge in [0.05, 0.1) is 10.1 Å². The van der Waals surface area contributed by atoms with E-state index in [0.29, 0.717) is 25.7 Å². The summed E-state index contributed by atoms with van der Waals surface area (Å²) in [5.41, 5.74) is 6.05. The lowest BCUT2D eigenvalue weighted by atomic mass is 9.77. The van der Waals surface area contributed by atoms with Crippen LogP contribution in [0.4, 0.5) is 13.2 Å². The van der Waals surface area contributed by atoms with Crippen molar-refractivity contribution in [3.63, 3.8) is 0 Å². The topological polar surface area (TPSA) is 86.5 Å². The number of alkyl halides is 3. The van der Waals surface area contributed by atoms with Crippen molar-refractivity contribution in [1.82, 2.24) is 0 Å². The summed E-state index contributed by atoms with van der Waals surface area (Å²) in [5, 5.41) is -0.638. The number of hydrogen-bond donors (Lipinski definition) is 1. The summed E-state index contributed by atoms with van der Waals surface area (Å²) >= 11 is 0. The van der Waals surface area contributed by atoms with Gasteiger partial charge in [0.15, 0.2) is 9.84 Å². The Kier molecular flexibility index (Phi) is 6.57. The van der Waals surface area contributed by atoms with Crippen LogP contribution >= 0.6 is 0 Å². The fraction of sp³-hybridized carbons (Fsp3) is 0.650. The second kappa shape index (κ2) is 8.63. The quantitative estimate of drug-likeness (QED) is 0.702. The zero-order valence-electron chi connectivity index (χ0n) is 16.0. The maximum Gasteiger partial charge on any atom is 0.573 e. The number of nitrogens with two attached hydrogens (primary N) is 1. The van der Waals surface area contributed by atoms with Crippen molar-refractivity contribution < 1.29 is 31.1 Å². The molecule has 1 aromatic rings. The molecule has 0 unspecified atom stereocenters. The summed E-state index contributed by atoms with van der Waals surface area (Å²) in [5.74, 6) is -0.336. The van der Waals surface area contributed by atoms with Crippen LogP contribution in [-0.2, 0) is 14.6 Å². The average molecular weight is 433 g/mol. The van der Waals surface area contributed by atoms with E-state index in [1.807, 2.05) is 0 Å². The van der Waals surface area contributed by atoms with E-state index in [1.54, 1.807) is 0 Å². The van der Waals surface area contributed by atoms with Gasteiger partial charge in [0.25, 0.3) is 0 Å². The third-order valence-corrected chi connectivity index (χ3v) is 8.20. The number of ether oxygens (including phenoxy) is 1. The summed E-state index contributed by atoms with van der Waals surface area (Å²) in [7, 11) is -3.73. The lowest BCUT2D eigenvalue weighted by Gasteiger charge is -2.35. The van der Waals surface area contributed by atoms with Crippen LogP contribution in [0.2, 0.25) is 0 Å². The molecular formula is C20H26F3NO4S. The maximum atomic E-state index is 12.7. The molecule has 5 nitrogen and oxygen atoms in total. The van der Waals surface area contributed by atoms with E-state index in [0.717, 1.165) is 37.8 Å². The zero-order chi connectivity index (χ0) is 21.2. The van der Waals surface area contributed by atoms with Crippen LogP contribution in [-0.4, -0.2) is 31.9 Å². The number of sulfone groups is 1. The zero-order valence-corrected chi connectivity index (χ0v) is 16.8. The van der Waals surface area contributed by atoms with Gasteiger partial charge in [-0.25, -0.2) is 8.42 Å². The van der Waals surface area contributed by atoms with E-state index in [-0.39, 0.29) is 28.6 Å². The van der Waals surface area contributed by atoms with Crippen LogP contribution in [0.1, 0.15) is 51.4 Å². The van der Waals surface area contributed by atoms with Gasteiger partial charge in [-0.1, -0.05) is 18.9 Å². The molecule has 2 aliphatic carbocycles. The summed E-state index contributed by atoms with van der Waals surface area (Å²) in [4.78, 5) is 12.2. The maximum absolute atomic E-state index is 12.7. The molecular weight excluding hydrogens is 407 g/mol. The minimum atomic E-state index is -4.88. The molecule has 2 saturated carbocycles. The lowest BCUT2D eigenvalue weighted by molar-refractivity contribution is -0.274. The molecule has 0 amide bonds. The van der Waals surface area contributed by atoms with Crippen LogP contribution in [0.25, 0.3) is 0 Å². The van der Waals surface area contributed by atoms with Crippen molar-refractivity contribution in [2.45, 2.75) is 73.9 Å². The second-order valence-corrected chi connectivity index (χ2v) is 10.3. The van der Waals surface area contributed by atoms with Gasteiger partial charge in [-0.05, 0) is 56.2 Å². The van der Waals surface area contributed by atoms with Gasteiger partial charge in [-0.2, -0.15) is 0 Å². The van der Waals surface area contributed by atoms with E-state index in [9.17, 15) is 26.4 Å². The molecule has 29 heavy (non-hydrogen) atoms. The first-order chi connectivity index (χ1) is 13.6. The smallest absolute Gasteiger partial charge is 0.406 e. The summed E-state index contributed by atoms with van der Waals surface area (Å²) in [6.45, 7) is 0. The first-order valence-electron chi connectivity index (χ1n) is 9.94. The van der Waals surface area contributed by atoms with E-state index >= 15 is 0 Å². The van der Waals surface area contributed by atoms with Crippen LogP contribution < -0.4 is 10.5 Å². The van der Waals surface area contributed by atoms with Gasteiger partial charge < -0.3 is 10.5 Å². The van der Waals surface area contributed by atoms with Crippen LogP contribution in [0.5, 0.6) is 5.75 Å². The van der Waals surface area contributed by atoms with Gasteiger partial charge in [0.2, 0.25) is 0 Å². The predicted octanol–water partition coefficient (Wildman–Crippen LogP) is 4.00. The van der Waals surface area contributed by atoms with Crippen LogP contribution in [0, 0.1) is 11.8 Å². The summed E-state index contributed by atoms with van der Waals surface area (Å²) in [6, 6.07) is 4.41. The largest absolute Gasteiger partial charge is 0.573 e. The molecule has 0 aliphatic heterocycles. The summed E-state index contributed by atoms with van der Waals surface area (Å²) < 4.78 is 66.3. The fourth-order valence-corrected chi connectivity index (χ4v) is 6.28. The monoisotopic (exact) mass is 433 g/mol. The Morgan fingerprint density at radius 1 is 1.17 bits per heavy atom. The van der Waals surface area contributed by atoms with E-state index in [1.165, 1.54) is 12.1 Å². The number of Topliss-reactive ketones (excluding diaryl/α,β-unsaturated/α-hetero) is 1. The number of carbonyl (C=O) groups is 1. The summed E-state index contributed by atoms with van der Waals surface area (Å²) in [6.07, 6.45) is 0.767. The molecule has 2 N–H and O–H groups in total. The molecule has 0 radical (unpaired) electrons. The van der Waals surface area contributed by atoms with E-state index in [4.69, 9.17) is 5.73 Å². The highest BCUT2D eigenvalue weighted by Crippen LogP contribution is 2.40. The van der Waals surface area contributed by atoms with Crippen molar-refractivity contribution in [3.05, 3.63) is 24.3 Å². The Labute approximate surface area is 168 Å². The van der Waals surface area contributed by atoms with Gasteiger partial charge in [0.1, 0.15) is 11.5 Å². The van der Waals surface area contributed by atoms with Gasteiger partial charge >= 0.3 is 6.36 Å². The Balaban J connectivity index is 1.52. The molecule has 0 spiro atoms. The number of rotatable bonds is 7. The highest BCUT2D eigenvalue weighted by Gasteiger charge is 2.40. The Hall–Kier alpha value is -1.61. The molecule has 1 aromatic carbocycles. The fourth-order valence-electron chi connectivity index (χ4n) is 4.30. The van der Waals surface area contributed by atoms with Crippen molar-refractivity contribution in [3.8, 4) is 5.75 Å². The predicted molar refractivity (Wildman–Crippen MR) is 101 cm³/mol. The number of ketones is 1. The standard InChI is InChI=1S/C20H26F3NO4S/c21-20(22,23)28-14-4-3-5-15(12-14)29(26,27)16-10-13(11-16)8-9-19(25)17-6-1-2-7-18(17)24/h3-5,12-13,16-18H,1-2,6-11,24H2/t13?,16?,17-,18-/m1/s1. The number of carbonyl (C=O) groups excluding carboxylic acids is 1. The first kappa shape index (κ1) is 22.1. The number of benzene rings is 1. The third-order valence-electron chi connectivity index (χ3n) is 6.03. The minimum absolute atomic E-state index is 0.0723. The molecule has 9 heteroatoms. The Bertz CT molecular complexity index is 834. The van der Waals surface area contributed by atoms with Crippen molar-refractivity contribution >= 4 is 15.6 Å². The third kappa shape index (κ3) is 5.51. The van der Waals surface area contributed by atoms with Crippen molar-refractivity contribution in [2.24, 2.45) is 17.6 Å². The van der Waals surface area contributed by atoms with E-state index in [2.05, 4.69) is 4.74 Å². The molecule has 2 atom stereocenters. The second-order valence-electron chi connectivity index (χ2n) is 8.09. The van der Waals surface area contributed by atoms with Crippen molar-refractivity contribution in [2.75, 3.05) is 0 Å². The first-order valence-corrected chi connectivity index (χ1v) is 11.5. The lowest BCUT2D eigenvalue weighted by Crippen LogP contribution is -2.39. The molecule has 0 saturated heterocycles. The molecule has 0 heterocycles. The van der Waals surface area contributed by atoms with Crippen molar-refractivity contribution in [1.29, 1.82) is 0 Å². The highest BCUT2D eigenvalue weighted by atomic mass is 32.2. The van der Waals surface area contributed by atoms with Crippen LogP contribution in [0.15, 0.2) is 29.2 Å². The molecule has 2 fully saturated rings. The Morgan fingerprint density at radius 2 is 1.86 bits per heavy atom. The SMILES string of the molecule is N[C@@H]1CCCC[C@H]1C(=O)CCC1CC(S(=O)(=O)c2cccc(OC(F)(F)F)c2)C1. The molecule has 2 aliphatic rings. The van der Waals surface area contributed by atoms with E-state index < -0.39 is 27.2 Å². The van der Waals surface area contributed by atoms with Crippen LogP contribution in [0.3, 0.4) is 0 Å². The molecule has 0 aromatic heterocycles. The van der Waals surface area contributed by atoms with Gasteiger partial charge in [0, 0.05) is 18.4 Å². The highest BCUT2D eigenvalue weighted by molar-refractivity contribution is 7.92. The molecule has 3 rings (SSSR count). The van der Waals surface area contributed by atoms with Gasteiger partial charge in [-0.3, -0.25) is 4.79 Å². The van der Waals surface area contributed by atoms with Gasteiger partial charge in [-0.15, -0.1) is 13.2 Å². The normalized spacial score (nSPS) is 27.9. The number of hydrogen-bond acceptors (Lipinski definition) is 5. The minimum Gasteiger partial charge on any atom is -0.406 e.